The van der Waals surface area contributed by atoms with Crippen molar-refractivity contribution >= 4 is 38.4 Å². The van der Waals surface area contributed by atoms with Gasteiger partial charge in [-0.3, -0.25) is 9.69 Å². The van der Waals surface area contributed by atoms with E-state index in [9.17, 15) is 4.79 Å². The first-order chi connectivity index (χ1) is 15.1. The van der Waals surface area contributed by atoms with Crippen molar-refractivity contribution in [2.75, 3.05) is 26.2 Å². The normalized spacial score (nSPS) is 21.3. The predicted molar refractivity (Wildman–Crippen MR) is 123 cm³/mol. The lowest BCUT2D eigenvalue weighted by molar-refractivity contribution is -0.128. The molecule has 1 amide bonds. The number of amides is 1. The smallest absolute Gasteiger partial charge is 0.279 e. The van der Waals surface area contributed by atoms with Crippen molar-refractivity contribution in [3.05, 3.63) is 54.2 Å². The van der Waals surface area contributed by atoms with E-state index in [0.29, 0.717) is 17.0 Å². The Labute approximate surface area is 184 Å². The van der Waals surface area contributed by atoms with Gasteiger partial charge in [-0.1, -0.05) is 23.5 Å². The number of rotatable bonds is 4. The van der Waals surface area contributed by atoms with E-state index in [2.05, 4.69) is 33.2 Å². The molecule has 2 unspecified atom stereocenters. The van der Waals surface area contributed by atoms with Gasteiger partial charge >= 0.3 is 0 Å². The molecule has 1 N–H and O–H groups in total. The zero-order valence-electron chi connectivity index (χ0n) is 17.4. The Morgan fingerprint density at radius 2 is 1.97 bits per heavy atom. The molecular formula is C24H24N4O2S. The van der Waals surface area contributed by atoms with E-state index in [1.807, 2.05) is 35.2 Å². The van der Waals surface area contributed by atoms with Crippen molar-refractivity contribution in [2.24, 2.45) is 11.8 Å². The van der Waals surface area contributed by atoms with Crippen molar-refractivity contribution in [3.8, 4) is 10.9 Å². The molecule has 2 aliphatic rings. The quantitative estimate of drug-likeness (QED) is 0.517. The third kappa shape index (κ3) is 3.47. The molecule has 4 heterocycles. The molecule has 0 bridgehead atoms. The molecule has 4 aromatic rings. The number of carbonyl (C=O) groups is 1. The van der Waals surface area contributed by atoms with Crippen LogP contribution in [0.1, 0.15) is 12.5 Å². The minimum absolute atomic E-state index is 0.210. The summed E-state index contributed by atoms with van der Waals surface area (Å²) in [6, 6.07) is 14.3. The van der Waals surface area contributed by atoms with Gasteiger partial charge in [0.1, 0.15) is 5.75 Å². The summed E-state index contributed by atoms with van der Waals surface area (Å²) in [5, 5.41) is 1.90. The Hall–Kier alpha value is -2.90. The standard InChI is InChI=1S/C24H24N4O2S/c1-15(29)28-13-17-11-27(12-18(17)14-28)10-16-9-25-22-8-19(6-7-20(16)22)30-24-26-21-4-2-3-5-23(21)31-24/h2-9,17-18,25H,10-14H2,1H3. The number of hydrogen-bond donors (Lipinski definition) is 1. The number of carbonyl (C=O) groups excluding carboxylic acids is 1. The van der Waals surface area contributed by atoms with Gasteiger partial charge in [0.2, 0.25) is 5.91 Å². The van der Waals surface area contributed by atoms with Gasteiger partial charge in [-0.2, -0.15) is 0 Å². The molecule has 31 heavy (non-hydrogen) atoms. The first-order valence-electron chi connectivity index (χ1n) is 10.7. The van der Waals surface area contributed by atoms with Gasteiger partial charge in [-0.25, -0.2) is 4.98 Å². The van der Waals surface area contributed by atoms with Gasteiger partial charge in [0.25, 0.3) is 5.19 Å². The average molecular weight is 433 g/mol. The number of ether oxygens (including phenoxy) is 1. The van der Waals surface area contributed by atoms with Gasteiger partial charge in [0.05, 0.1) is 10.2 Å². The summed E-state index contributed by atoms with van der Waals surface area (Å²) in [6.07, 6.45) is 2.11. The second-order valence-electron chi connectivity index (χ2n) is 8.71. The number of thiazole rings is 1. The Kier molecular flexibility index (Phi) is 4.47. The Morgan fingerprint density at radius 3 is 2.74 bits per heavy atom. The number of nitrogens with one attached hydrogen (secondary N) is 1. The SMILES string of the molecule is CC(=O)N1CC2CN(Cc3c[nH]c4cc(Oc5nc6ccccc6s5)ccc34)CC2C1. The fourth-order valence-corrected chi connectivity index (χ4v) is 5.91. The van der Waals surface area contributed by atoms with E-state index in [0.717, 1.165) is 54.2 Å². The summed E-state index contributed by atoms with van der Waals surface area (Å²) in [5.41, 5.74) is 3.35. The first-order valence-corrected chi connectivity index (χ1v) is 11.6. The Morgan fingerprint density at radius 1 is 1.16 bits per heavy atom. The lowest BCUT2D eigenvalue weighted by atomic mass is 10.0. The minimum atomic E-state index is 0.210. The lowest BCUT2D eigenvalue weighted by Crippen LogP contribution is -2.31. The molecule has 0 aliphatic carbocycles. The van der Waals surface area contributed by atoms with Crippen molar-refractivity contribution in [2.45, 2.75) is 13.5 Å². The fourth-order valence-electron chi connectivity index (χ4n) is 5.07. The van der Waals surface area contributed by atoms with Gasteiger partial charge < -0.3 is 14.6 Å². The number of fused-ring (bicyclic) bond motifs is 3. The molecular weight excluding hydrogens is 408 g/mol. The van der Waals surface area contributed by atoms with E-state index < -0.39 is 0 Å². The van der Waals surface area contributed by atoms with Crippen LogP contribution in [0.2, 0.25) is 0 Å². The highest BCUT2D eigenvalue weighted by Crippen LogP contribution is 2.35. The highest BCUT2D eigenvalue weighted by atomic mass is 32.1. The molecule has 0 radical (unpaired) electrons. The number of benzene rings is 2. The lowest BCUT2D eigenvalue weighted by Gasteiger charge is -2.20. The molecule has 158 valence electrons. The molecule has 6 nitrogen and oxygen atoms in total. The van der Waals surface area contributed by atoms with Crippen LogP contribution < -0.4 is 4.74 Å². The van der Waals surface area contributed by atoms with Crippen molar-refractivity contribution < 1.29 is 9.53 Å². The number of aromatic amines is 1. The van der Waals surface area contributed by atoms with Crippen LogP contribution >= 0.6 is 11.3 Å². The van der Waals surface area contributed by atoms with Gasteiger partial charge in [-0.15, -0.1) is 0 Å². The summed E-state index contributed by atoms with van der Waals surface area (Å²) >= 11 is 1.56. The minimum Gasteiger partial charge on any atom is -0.431 e. The molecule has 2 aliphatic heterocycles. The maximum absolute atomic E-state index is 11.6. The van der Waals surface area contributed by atoms with Crippen molar-refractivity contribution in [3.63, 3.8) is 0 Å². The highest BCUT2D eigenvalue weighted by molar-refractivity contribution is 7.20. The largest absolute Gasteiger partial charge is 0.431 e. The first kappa shape index (κ1) is 18.8. The molecule has 2 fully saturated rings. The molecule has 2 aromatic carbocycles. The molecule has 2 atom stereocenters. The second kappa shape index (κ2) is 7.35. The van der Waals surface area contributed by atoms with Gasteiger partial charge in [0, 0.05) is 62.8 Å². The zero-order valence-corrected chi connectivity index (χ0v) is 18.2. The zero-order chi connectivity index (χ0) is 20.9. The van der Waals surface area contributed by atoms with E-state index in [1.165, 1.54) is 10.9 Å². The summed E-state index contributed by atoms with van der Waals surface area (Å²) in [6.45, 7) is 6.58. The van der Waals surface area contributed by atoms with Crippen molar-refractivity contribution in [1.29, 1.82) is 0 Å². The van der Waals surface area contributed by atoms with E-state index in [-0.39, 0.29) is 5.91 Å². The molecule has 6 rings (SSSR count). The van der Waals surface area contributed by atoms with Crippen LogP contribution in [0.5, 0.6) is 10.9 Å². The fraction of sp³-hybridized carbons (Fsp3) is 0.333. The van der Waals surface area contributed by atoms with Crippen molar-refractivity contribution in [1.82, 2.24) is 19.8 Å². The number of para-hydroxylation sites is 1. The van der Waals surface area contributed by atoms with Crippen LogP contribution in [0.15, 0.2) is 48.7 Å². The number of aromatic nitrogens is 2. The highest BCUT2D eigenvalue weighted by Gasteiger charge is 2.40. The van der Waals surface area contributed by atoms with E-state index >= 15 is 0 Å². The third-order valence-corrected chi connectivity index (χ3v) is 7.53. The van der Waals surface area contributed by atoms with Crippen LogP contribution in [0, 0.1) is 11.8 Å². The van der Waals surface area contributed by atoms with Crippen LogP contribution in [0.25, 0.3) is 21.1 Å². The predicted octanol–water partition coefficient (Wildman–Crippen LogP) is 4.48. The number of hydrogen-bond acceptors (Lipinski definition) is 5. The molecule has 2 aromatic heterocycles. The Bertz CT molecular complexity index is 1230. The maximum atomic E-state index is 11.6. The average Bonchev–Trinajstić information content (AvgIpc) is 3.50. The second-order valence-corrected chi connectivity index (χ2v) is 9.70. The van der Waals surface area contributed by atoms with E-state index in [4.69, 9.17) is 4.74 Å². The monoisotopic (exact) mass is 432 g/mol. The molecule has 7 heteroatoms. The molecule has 0 saturated carbocycles. The van der Waals surface area contributed by atoms with Crippen LogP contribution in [0.3, 0.4) is 0 Å². The maximum Gasteiger partial charge on any atom is 0.279 e. The third-order valence-electron chi connectivity index (χ3n) is 6.62. The Balaban J connectivity index is 1.16. The number of nitrogens with zero attached hydrogens (tertiary/aromatic N) is 3. The van der Waals surface area contributed by atoms with Crippen LogP contribution in [-0.4, -0.2) is 51.9 Å². The summed E-state index contributed by atoms with van der Waals surface area (Å²) in [7, 11) is 0. The molecule has 0 spiro atoms. The van der Waals surface area contributed by atoms with Gasteiger partial charge in [0.15, 0.2) is 0 Å². The van der Waals surface area contributed by atoms with Crippen LogP contribution in [-0.2, 0) is 11.3 Å². The molecule has 2 saturated heterocycles. The topological polar surface area (TPSA) is 61.5 Å². The summed E-state index contributed by atoms with van der Waals surface area (Å²) in [4.78, 5) is 24.1. The van der Waals surface area contributed by atoms with E-state index in [1.54, 1.807) is 18.3 Å². The van der Waals surface area contributed by atoms with Crippen LogP contribution in [0.4, 0.5) is 0 Å². The summed E-state index contributed by atoms with van der Waals surface area (Å²) in [5.74, 6) is 2.23. The summed E-state index contributed by atoms with van der Waals surface area (Å²) < 4.78 is 7.17. The number of H-pyrrole nitrogens is 1. The van der Waals surface area contributed by atoms with Gasteiger partial charge in [-0.05, 0) is 41.7 Å². The number of likely N-dealkylation sites (tertiary alicyclic amines) is 2.